The van der Waals surface area contributed by atoms with Crippen LogP contribution in [0.1, 0.15) is 22.3 Å². The van der Waals surface area contributed by atoms with E-state index in [1.165, 1.54) is 49.8 Å². The Morgan fingerprint density at radius 3 is 2.58 bits per heavy atom. The molecule has 0 saturated carbocycles. The minimum absolute atomic E-state index is 0.0662. The molecule has 2 aromatic rings. The highest BCUT2D eigenvalue weighted by atomic mass is 19.4. The van der Waals surface area contributed by atoms with Gasteiger partial charge in [-0.3, -0.25) is 9.78 Å². The van der Waals surface area contributed by atoms with E-state index in [1.54, 1.807) is 6.07 Å². The Labute approximate surface area is 146 Å². The first-order valence-corrected chi connectivity index (χ1v) is 7.52. The van der Waals surface area contributed by atoms with E-state index in [9.17, 15) is 23.1 Å². The molecule has 6 nitrogen and oxygen atoms in total. The third kappa shape index (κ3) is 3.01. The zero-order valence-electron chi connectivity index (χ0n) is 13.6. The number of hydrogen-bond donors (Lipinski definition) is 1. The Morgan fingerprint density at radius 1 is 1.27 bits per heavy atom. The first-order valence-electron chi connectivity index (χ1n) is 7.52. The van der Waals surface area contributed by atoms with Gasteiger partial charge in [-0.25, -0.2) is 0 Å². The highest BCUT2D eigenvalue weighted by Gasteiger charge is 2.63. The number of aromatic nitrogens is 1. The highest BCUT2D eigenvalue weighted by molar-refractivity contribution is 6.05. The van der Waals surface area contributed by atoms with E-state index in [2.05, 4.69) is 10.1 Å². The molecular formula is C17H14F3N3O3. The molecule has 1 aromatic heterocycles. The maximum Gasteiger partial charge on any atom is 0.438 e. The lowest BCUT2D eigenvalue weighted by Crippen LogP contribution is -2.56. The predicted octanol–water partition coefficient (Wildman–Crippen LogP) is 2.59. The number of amides is 1. The first kappa shape index (κ1) is 17.9. The average Bonchev–Trinajstić information content (AvgIpc) is 3.01. The van der Waals surface area contributed by atoms with Crippen LogP contribution >= 0.6 is 0 Å². The quantitative estimate of drug-likeness (QED) is 0.907. The molecule has 0 fully saturated rings. The minimum Gasteiger partial charge on any atom is -0.497 e. The second kappa shape index (κ2) is 6.41. The average molecular weight is 365 g/mol. The number of benzene rings is 1. The molecular weight excluding hydrogens is 351 g/mol. The van der Waals surface area contributed by atoms with Gasteiger partial charge in [0.15, 0.2) is 0 Å². The van der Waals surface area contributed by atoms with Gasteiger partial charge in [-0.05, 0) is 30.3 Å². The van der Waals surface area contributed by atoms with E-state index in [1.807, 2.05) is 0 Å². The molecule has 0 bridgehead atoms. The number of alkyl halides is 3. The number of methoxy groups -OCH3 is 1. The van der Waals surface area contributed by atoms with E-state index in [0.717, 1.165) is 0 Å². The maximum atomic E-state index is 13.6. The molecule has 1 aliphatic rings. The van der Waals surface area contributed by atoms with Crippen LogP contribution in [0.3, 0.4) is 0 Å². The number of nitrogens with zero attached hydrogens (tertiary/aromatic N) is 3. The smallest absolute Gasteiger partial charge is 0.438 e. The summed E-state index contributed by atoms with van der Waals surface area (Å²) < 4.78 is 45.6. The lowest BCUT2D eigenvalue weighted by atomic mass is 10.0. The number of hydrazone groups is 1. The van der Waals surface area contributed by atoms with Crippen LogP contribution in [0, 0.1) is 0 Å². The fourth-order valence-corrected chi connectivity index (χ4v) is 2.56. The Hall–Kier alpha value is -2.94. The molecule has 0 unspecified atom stereocenters. The van der Waals surface area contributed by atoms with Gasteiger partial charge in [0.25, 0.3) is 11.6 Å². The molecule has 26 heavy (non-hydrogen) atoms. The topological polar surface area (TPSA) is 75.0 Å². The van der Waals surface area contributed by atoms with Crippen molar-refractivity contribution >= 4 is 11.6 Å². The molecule has 136 valence electrons. The number of pyridine rings is 1. The molecule has 2 heterocycles. The fraction of sp³-hybridized carbons (Fsp3) is 0.235. The van der Waals surface area contributed by atoms with Crippen molar-refractivity contribution in [1.29, 1.82) is 0 Å². The Balaban J connectivity index is 2.04. The van der Waals surface area contributed by atoms with Crippen molar-refractivity contribution in [3.05, 3.63) is 59.9 Å². The predicted molar refractivity (Wildman–Crippen MR) is 85.6 cm³/mol. The van der Waals surface area contributed by atoms with Gasteiger partial charge in [0, 0.05) is 23.5 Å². The van der Waals surface area contributed by atoms with Crippen molar-refractivity contribution < 1.29 is 27.8 Å². The van der Waals surface area contributed by atoms with E-state index in [-0.39, 0.29) is 16.3 Å². The number of carbonyl (C=O) groups is 1. The molecule has 0 radical (unpaired) electrons. The van der Waals surface area contributed by atoms with Crippen molar-refractivity contribution in [2.75, 3.05) is 7.11 Å². The molecule has 1 aromatic carbocycles. The molecule has 9 heteroatoms. The highest BCUT2D eigenvalue weighted by Crippen LogP contribution is 2.42. The number of rotatable bonds is 3. The normalized spacial score (nSPS) is 20.0. The SMILES string of the molecule is COc1cccc(C(=O)N2N=C(c3ccncc3)C[C@]2(O)C(F)(F)F)c1. The summed E-state index contributed by atoms with van der Waals surface area (Å²) in [5.74, 6) is -0.795. The molecule has 0 aliphatic carbocycles. The summed E-state index contributed by atoms with van der Waals surface area (Å²) in [6, 6.07) is 8.51. The van der Waals surface area contributed by atoms with Crippen LogP contribution < -0.4 is 4.74 Å². The first-order chi connectivity index (χ1) is 12.3. The third-order valence-electron chi connectivity index (χ3n) is 3.96. The van der Waals surface area contributed by atoms with E-state index < -0.39 is 24.2 Å². The van der Waals surface area contributed by atoms with Crippen LogP contribution in [-0.2, 0) is 0 Å². The van der Waals surface area contributed by atoms with Gasteiger partial charge in [0.2, 0.25) is 0 Å². The number of hydrogen-bond acceptors (Lipinski definition) is 5. The third-order valence-corrected chi connectivity index (χ3v) is 3.96. The summed E-state index contributed by atoms with van der Waals surface area (Å²) in [6.45, 7) is 0. The molecule has 0 saturated heterocycles. The lowest BCUT2D eigenvalue weighted by molar-refractivity contribution is -0.297. The summed E-state index contributed by atoms with van der Waals surface area (Å²) in [5.41, 5.74) is -3.26. The number of ether oxygens (including phenoxy) is 1. The Kier molecular flexibility index (Phi) is 4.41. The number of carbonyl (C=O) groups excluding carboxylic acids is 1. The zero-order valence-corrected chi connectivity index (χ0v) is 13.6. The van der Waals surface area contributed by atoms with Crippen LogP contribution in [0.15, 0.2) is 53.9 Å². The van der Waals surface area contributed by atoms with Crippen molar-refractivity contribution in [1.82, 2.24) is 9.99 Å². The standard InChI is InChI=1S/C17H14F3N3O3/c1-26-13-4-2-3-12(9-13)15(24)23-16(25,17(18,19)20)10-14(22-23)11-5-7-21-8-6-11/h2-9,25H,10H2,1H3/t16-/m0/s1. The monoisotopic (exact) mass is 365 g/mol. The molecule has 1 aliphatic heterocycles. The van der Waals surface area contributed by atoms with Crippen molar-refractivity contribution in [3.63, 3.8) is 0 Å². The van der Waals surface area contributed by atoms with Crippen molar-refractivity contribution in [3.8, 4) is 5.75 Å². The van der Waals surface area contributed by atoms with Crippen molar-refractivity contribution in [2.45, 2.75) is 18.3 Å². The molecule has 0 spiro atoms. The van der Waals surface area contributed by atoms with Crippen LogP contribution in [0.5, 0.6) is 5.75 Å². The van der Waals surface area contributed by atoms with Crippen LogP contribution in [-0.4, -0.2) is 45.7 Å². The Bertz CT molecular complexity index is 855. The molecule has 1 atom stereocenters. The van der Waals surface area contributed by atoms with Gasteiger partial charge >= 0.3 is 6.18 Å². The van der Waals surface area contributed by atoms with Crippen LogP contribution in [0.25, 0.3) is 0 Å². The van der Waals surface area contributed by atoms with E-state index in [4.69, 9.17) is 4.74 Å². The second-order valence-corrected chi connectivity index (χ2v) is 5.62. The van der Waals surface area contributed by atoms with Crippen LogP contribution in [0.2, 0.25) is 0 Å². The molecule has 1 N–H and O–H groups in total. The summed E-state index contributed by atoms with van der Waals surface area (Å²) in [6.07, 6.45) is -3.20. The molecule has 1 amide bonds. The van der Waals surface area contributed by atoms with Gasteiger partial charge in [-0.2, -0.15) is 23.3 Å². The summed E-state index contributed by atoms with van der Waals surface area (Å²) in [5, 5.41) is 14.1. The number of halogens is 3. The van der Waals surface area contributed by atoms with E-state index in [0.29, 0.717) is 11.3 Å². The second-order valence-electron chi connectivity index (χ2n) is 5.62. The van der Waals surface area contributed by atoms with Gasteiger partial charge < -0.3 is 9.84 Å². The lowest BCUT2D eigenvalue weighted by Gasteiger charge is -2.32. The van der Waals surface area contributed by atoms with Crippen molar-refractivity contribution in [2.24, 2.45) is 5.10 Å². The number of aliphatic hydroxyl groups is 1. The van der Waals surface area contributed by atoms with E-state index >= 15 is 0 Å². The summed E-state index contributed by atoms with van der Waals surface area (Å²) in [4.78, 5) is 16.4. The van der Waals surface area contributed by atoms with Gasteiger partial charge in [-0.1, -0.05) is 6.07 Å². The summed E-state index contributed by atoms with van der Waals surface area (Å²) in [7, 11) is 1.37. The minimum atomic E-state index is -5.10. The van der Waals surface area contributed by atoms with Gasteiger partial charge in [-0.15, -0.1) is 0 Å². The Morgan fingerprint density at radius 2 is 1.96 bits per heavy atom. The van der Waals surface area contributed by atoms with Crippen LogP contribution in [0.4, 0.5) is 13.2 Å². The fourth-order valence-electron chi connectivity index (χ4n) is 2.56. The summed E-state index contributed by atoms with van der Waals surface area (Å²) >= 11 is 0. The zero-order chi connectivity index (χ0) is 18.9. The van der Waals surface area contributed by atoms with Gasteiger partial charge in [0.1, 0.15) is 5.75 Å². The molecule has 3 rings (SSSR count). The van der Waals surface area contributed by atoms with Gasteiger partial charge in [0.05, 0.1) is 19.2 Å². The largest absolute Gasteiger partial charge is 0.497 e. The maximum absolute atomic E-state index is 13.6.